The van der Waals surface area contributed by atoms with Crippen molar-refractivity contribution in [1.82, 2.24) is 5.32 Å². The number of allylic oxidation sites excluding steroid dienone is 2. The Morgan fingerprint density at radius 1 is 1.00 bits per heavy atom. The second kappa shape index (κ2) is 7.83. The average molecular weight is 403 g/mol. The van der Waals surface area contributed by atoms with Gasteiger partial charge >= 0.3 is 0 Å². The molecule has 0 aliphatic carbocycles. The van der Waals surface area contributed by atoms with Crippen molar-refractivity contribution in [2.45, 2.75) is 0 Å². The average Bonchev–Trinajstić information content (AvgIpc) is 2.62. The van der Waals surface area contributed by atoms with Crippen LogP contribution in [0.3, 0.4) is 0 Å². The lowest BCUT2D eigenvalue weighted by molar-refractivity contribution is -0.122. The third-order valence-electron chi connectivity index (χ3n) is 3.62. The molecule has 0 spiro atoms. The summed E-state index contributed by atoms with van der Waals surface area (Å²) >= 11 is 17.3. The van der Waals surface area contributed by atoms with Gasteiger partial charge in [0.15, 0.2) is 5.11 Å². The Hall–Kier alpha value is -2.47. The fourth-order valence-electron chi connectivity index (χ4n) is 2.38. The van der Waals surface area contributed by atoms with E-state index in [0.29, 0.717) is 5.69 Å². The van der Waals surface area contributed by atoms with Gasteiger partial charge in [-0.15, -0.1) is 0 Å². The molecule has 1 saturated heterocycles. The van der Waals surface area contributed by atoms with Crippen molar-refractivity contribution in [3.05, 3.63) is 81.9 Å². The Morgan fingerprint density at radius 3 is 2.46 bits per heavy atom. The van der Waals surface area contributed by atoms with Crippen LogP contribution in [0.4, 0.5) is 5.69 Å². The van der Waals surface area contributed by atoms with Gasteiger partial charge in [-0.2, -0.15) is 0 Å². The minimum Gasteiger partial charge on any atom is -0.298 e. The Morgan fingerprint density at radius 2 is 1.73 bits per heavy atom. The zero-order valence-corrected chi connectivity index (χ0v) is 15.6. The van der Waals surface area contributed by atoms with Crippen LogP contribution in [0.5, 0.6) is 0 Å². The first kappa shape index (κ1) is 18.3. The number of hydrogen-bond donors (Lipinski definition) is 1. The SMILES string of the molecule is O=C1NC(=S)N(c2cccc(Cl)c2Cl)C(=O)/C1=C/C=C/c1ccccc1. The summed E-state index contributed by atoms with van der Waals surface area (Å²) in [6.45, 7) is 0. The van der Waals surface area contributed by atoms with Crippen LogP contribution in [-0.2, 0) is 9.59 Å². The minimum atomic E-state index is -0.569. The van der Waals surface area contributed by atoms with Crippen molar-refractivity contribution in [2.24, 2.45) is 0 Å². The predicted molar refractivity (Wildman–Crippen MR) is 108 cm³/mol. The standard InChI is InChI=1S/C19H12Cl2N2O2S/c20-14-10-5-11-15(16(14)21)23-18(25)13(17(24)22-19(23)26)9-4-8-12-6-2-1-3-7-12/h1-11H,(H,22,24,26)/b8-4+,13-9+. The number of thiocarbonyl (C=S) groups is 1. The summed E-state index contributed by atoms with van der Waals surface area (Å²) in [5, 5.41) is 2.91. The molecule has 1 N–H and O–H groups in total. The molecule has 26 heavy (non-hydrogen) atoms. The second-order valence-electron chi connectivity index (χ2n) is 5.32. The van der Waals surface area contributed by atoms with Crippen LogP contribution in [0, 0.1) is 0 Å². The first-order chi connectivity index (χ1) is 12.5. The Bertz CT molecular complexity index is 955. The van der Waals surface area contributed by atoms with Crippen molar-refractivity contribution in [1.29, 1.82) is 0 Å². The van der Waals surface area contributed by atoms with Gasteiger partial charge in [-0.1, -0.05) is 71.8 Å². The van der Waals surface area contributed by atoms with Gasteiger partial charge in [0.05, 0.1) is 15.7 Å². The normalized spacial score (nSPS) is 16.5. The molecule has 2 amide bonds. The molecular weight excluding hydrogens is 391 g/mol. The smallest absolute Gasteiger partial charge is 0.270 e. The molecule has 2 aromatic carbocycles. The highest BCUT2D eigenvalue weighted by Crippen LogP contribution is 2.34. The zero-order chi connectivity index (χ0) is 18.7. The number of halogens is 2. The molecule has 1 fully saturated rings. The lowest BCUT2D eigenvalue weighted by Crippen LogP contribution is -2.54. The van der Waals surface area contributed by atoms with Crippen molar-refractivity contribution < 1.29 is 9.59 Å². The van der Waals surface area contributed by atoms with E-state index in [1.807, 2.05) is 30.3 Å². The summed E-state index contributed by atoms with van der Waals surface area (Å²) in [5.74, 6) is -1.13. The van der Waals surface area contributed by atoms with Crippen molar-refractivity contribution in [2.75, 3.05) is 4.90 Å². The molecule has 1 heterocycles. The molecule has 0 aromatic heterocycles. The van der Waals surface area contributed by atoms with Gasteiger partial charge in [0, 0.05) is 0 Å². The summed E-state index contributed by atoms with van der Waals surface area (Å²) < 4.78 is 0. The van der Waals surface area contributed by atoms with Gasteiger partial charge in [-0.3, -0.25) is 19.8 Å². The van der Waals surface area contributed by atoms with E-state index in [9.17, 15) is 9.59 Å². The molecule has 3 rings (SSSR count). The lowest BCUT2D eigenvalue weighted by Gasteiger charge is -2.29. The molecule has 0 atom stereocenters. The number of carbonyl (C=O) groups excluding carboxylic acids is 2. The highest BCUT2D eigenvalue weighted by molar-refractivity contribution is 7.80. The van der Waals surface area contributed by atoms with E-state index in [1.54, 1.807) is 30.4 Å². The minimum absolute atomic E-state index is 0.0478. The number of hydrogen-bond acceptors (Lipinski definition) is 3. The van der Waals surface area contributed by atoms with E-state index in [0.717, 1.165) is 10.5 Å². The van der Waals surface area contributed by atoms with E-state index in [4.69, 9.17) is 35.4 Å². The number of nitrogens with one attached hydrogen (secondary N) is 1. The van der Waals surface area contributed by atoms with E-state index in [1.165, 1.54) is 6.08 Å². The van der Waals surface area contributed by atoms with Crippen LogP contribution in [0.2, 0.25) is 10.0 Å². The van der Waals surface area contributed by atoms with E-state index in [-0.39, 0.29) is 20.7 Å². The van der Waals surface area contributed by atoms with Crippen LogP contribution in [0.25, 0.3) is 6.08 Å². The van der Waals surface area contributed by atoms with Crippen molar-refractivity contribution in [3.8, 4) is 0 Å². The zero-order valence-electron chi connectivity index (χ0n) is 13.3. The maximum atomic E-state index is 12.8. The van der Waals surface area contributed by atoms with Gasteiger partial charge in [-0.05, 0) is 36.0 Å². The van der Waals surface area contributed by atoms with Gasteiger partial charge in [0.25, 0.3) is 11.8 Å². The molecular formula is C19H12Cl2N2O2S. The number of amides is 2. The first-order valence-electron chi connectivity index (χ1n) is 7.56. The summed E-state index contributed by atoms with van der Waals surface area (Å²) in [5.41, 5.74) is 1.20. The fourth-order valence-corrected chi connectivity index (χ4v) is 3.03. The molecule has 4 nitrogen and oxygen atoms in total. The van der Waals surface area contributed by atoms with Crippen LogP contribution in [0.1, 0.15) is 5.56 Å². The molecule has 130 valence electrons. The fraction of sp³-hybridized carbons (Fsp3) is 0. The lowest BCUT2D eigenvalue weighted by atomic mass is 10.1. The maximum Gasteiger partial charge on any atom is 0.270 e. The highest BCUT2D eigenvalue weighted by atomic mass is 35.5. The van der Waals surface area contributed by atoms with Gasteiger partial charge in [-0.25, -0.2) is 0 Å². The number of benzene rings is 2. The maximum absolute atomic E-state index is 12.8. The summed E-state index contributed by atoms with van der Waals surface area (Å²) in [6, 6.07) is 14.4. The summed E-state index contributed by atoms with van der Waals surface area (Å²) in [4.78, 5) is 26.2. The number of anilines is 1. The topological polar surface area (TPSA) is 49.4 Å². The van der Waals surface area contributed by atoms with Crippen molar-refractivity contribution in [3.63, 3.8) is 0 Å². The van der Waals surface area contributed by atoms with Crippen LogP contribution in [-0.4, -0.2) is 16.9 Å². The molecule has 0 saturated carbocycles. The monoisotopic (exact) mass is 402 g/mol. The summed E-state index contributed by atoms with van der Waals surface area (Å²) in [7, 11) is 0. The van der Waals surface area contributed by atoms with Crippen LogP contribution < -0.4 is 10.2 Å². The van der Waals surface area contributed by atoms with Crippen LogP contribution >= 0.6 is 35.4 Å². The number of carbonyl (C=O) groups is 2. The van der Waals surface area contributed by atoms with Gasteiger partial charge < -0.3 is 0 Å². The first-order valence-corrected chi connectivity index (χ1v) is 8.72. The third kappa shape index (κ3) is 3.70. The largest absolute Gasteiger partial charge is 0.298 e. The van der Waals surface area contributed by atoms with Crippen molar-refractivity contribution >= 4 is 64.1 Å². The molecule has 0 bridgehead atoms. The van der Waals surface area contributed by atoms with Crippen LogP contribution in [0.15, 0.2) is 66.3 Å². The van der Waals surface area contributed by atoms with Gasteiger partial charge in [0.2, 0.25) is 0 Å². The second-order valence-corrected chi connectivity index (χ2v) is 6.49. The molecule has 1 aliphatic heterocycles. The number of nitrogens with zero attached hydrogens (tertiary/aromatic N) is 1. The predicted octanol–water partition coefficient (Wildman–Crippen LogP) is 4.38. The Balaban J connectivity index is 1.94. The quantitative estimate of drug-likeness (QED) is 0.470. The molecule has 7 heteroatoms. The molecule has 1 aliphatic rings. The molecule has 0 radical (unpaired) electrons. The van der Waals surface area contributed by atoms with E-state index >= 15 is 0 Å². The van der Waals surface area contributed by atoms with E-state index in [2.05, 4.69) is 5.32 Å². The Kier molecular flexibility index (Phi) is 5.52. The molecule has 0 unspecified atom stereocenters. The number of rotatable bonds is 3. The molecule has 2 aromatic rings. The summed E-state index contributed by atoms with van der Waals surface area (Å²) in [6.07, 6.45) is 4.86. The van der Waals surface area contributed by atoms with E-state index < -0.39 is 11.8 Å². The Labute approximate surface area is 165 Å². The van der Waals surface area contributed by atoms with Gasteiger partial charge in [0.1, 0.15) is 5.57 Å². The third-order valence-corrected chi connectivity index (χ3v) is 4.72. The highest BCUT2D eigenvalue weighted by Gasteiger charge is 2.35.